The molecule has 0 saturated heterocycles. The Morgan fingerprint density at radius 3 is 2.40 bits per heavy atom. The van der Waals surface area contributed by atoms with E-state index >= 15 is 0 Å². The number of nitrogens with zero attached hydrogens (tertiary/aromatic N) is 1. The third-order valence-electron chi connectivity index (χ3n) is 3.48. The molecule has 2 rings (SSSR count). The predicted molar refractivity (Wildman–Crippen MR) is 83.1 cm³/mol. The maximum Gasteiger partial charge on any atom is 0.0518 e. The van der Waals surface area contributed by atoms with Gasteiger partial charge < -0.3 is 0 Å². The van der Waals surface area contributed by atoms with Gasteiger partial charge >= 0.3 is 0 Å². The molecule has 1 aromatic carbocycles. The number of nitrogens with one attached hydrogen (secondary N) is 1. The molecule has 0 saturated carbocycles. The van der Waals surface area contributed by atoms with E-state index in [4.69, 9.17) is 5.84 Å². The molecule has 1 heterocycles. The number of aromatic nitrogens is 1. The molecule has 0 aliphatic carbocycles. The minimum atomic E-state index is 0.0697. The average Bonchev–Trinajstić information content (AvgIpc) is 2.45. The van der Waals surface area contributed by atoms with E-state index in [1.54, 1.807) is 0 Å². The Kier molecular flexibility index (Phi) is 4.53. The Labute approximate surface area is 121 Å². The first-order valence-electron chi connectivity index (χ1n) is 6.98. The van der Waals surface area contributed by atoms with Crippen LogP contribution in [0.2, 0.25) is 0 Å². The van der Waals surface area contributed by atoms with Gasteiger partial charge in [-0.1, -0.05) is 51.1 Å². The van der Waals surface area contributed by atoms with E-state index in [0.717, 1.165) is 12.1 Å². The molecule has 1 atom stereocenters. The molecule has 0 aliphatic rings. The first-order chi connectivity index (χ1) is 9.52. The fraction of sp³-hybridized carbons (Fsp3) is 0.353. The van der Waals surface area contributed by atoms with Crippen molar-refractivity contribution in [2.24, 2.45) is 5.84 Å². The molecular formula is C17H23N3. The summed E-state index contributed by atoms with van der Waals surface area (Å²) in [5.41, 5.74) is 6.64. The third kappa shape index (κ3) is 3.44. The van der Waals surface area contributed by atoms with Gasteiger partial charge in [0.1, 0.15) is 0 Å². The van der Waals surface area contributed by atoms with Crippen LogP contribution in [-0.2, 0) is 11.8 Å². The van der Waals surface area contributed by atoms with Crippen LogP contribution in [0, 0.1) is 0 Å². The number of nitrogens with two attached hydrogens (primary N) is 1. The third-order valence-corrected chi connectivity index (χ3v) is 3.48. The Morgan fingerprint density at radius 2 is 1.80 bits per heavy atom. The molecule has 3 N–H and O–H groups in total. The van der Waals surface area contributed by atoms with Gasteiger partial charge in [0.05, 0.1) is 6.04 Å². The van der Waals surface area contributed by atoms with Crippen LogP contribution in [0.25, 0.3) is 0 Å². The molecule has 3 nitrogen and oxygen atoms in total. The van der Waals surface area contributed by atoms with Gasteiger partial charge in [-0.3, -0.25) is 16.3 Å². The normalized spacial score (nSPS) is 13.2. The number of hydrogen-bond acceptors (Lipinski definition) is 3. The van der Waals surface area contributed by atoms with Crippen molar-refractivity contribution >= 4 is 0 Å². The number of pyridine rings is 1. The molecule has 0 fully saturated rings. The summed E-state index contributed by atoms with van der Waals surface area (Å²) in [7, 11) is 0. The Bertz CT molecular complexity index is 544. The molecule has 0 amide bonds. The van der Waals surface area contributed by atoms with Gasteiger partial charge in [0.2, 0.25) is 0 Å². The lowest BCUT2D eigenvalue weighted by Crippen LogP contribution is -2.32. The molecule has 0 aliphatic heterocycles. The first-order valence-corrected chi connectivity index (χ1v) is 6.98. The molecule has 0 radical (unpaired) electrons. The van der Waals surface area contributed by atoms with E-state index in [2.05, 4.69) is 55.4 Å². The van der Waals surface area contributed by atoms with Crippen LogP contribution in [0.1, 0.15) is 43.6 Å². The number of hydrogen-bond donors (Lipinski definition) is 2. The number of hydrazine groups is 1. The SMILES string of the molecule is CC(C)(C)c1ccccc1C(Cc1ccccn1)NN. The molecule has 20 heavy (non-hydrogen) atoms. The summed E-state index contributed by atoms with van der Waals surface area (Å²) in [6.07, 6.45) is 2.60. The molecule has 106 valence electrons. The van der Waals surface area contributed by atoms with Crippen LogP contribution in [0.4, 0.5) is 0 Å². The number of rotatable bonds is 4. The lowest BCUT2D eigenvalue weighted by atomic mass is 9.81. The van der Waals surface area contributed by atoms with Crippen LogP contribution < -0.4 is 11.3 Å². The highest BCUT2D eigenvalue weighted by molar-refractivity contribution is 5.35. The highest BCUT2D eigenvalue weighted by atomic mass is 15.2. The van der Waals surface area contributed by atoms with Gasteiger partial charge in [0.25, 0.3) is 0 Å². The average molecular weight is 269 g/mol. The molecule has 1 aromatic heterocycles. The smallest absolute Gasteiger partial charge is 0.0518 e. The maximum atomic E-state index is 5.79. The maximum absolute atomic E-state index is 5.79. The predicted octanol–water partition coefficient (Wildman–Crippen LogP) is 3.13. The van der Waals surface area contributed by atoms with Crippen molar-refractivity contribution in [3.05, 3.63) is 65.5 Å². The largest absolute Gasteiger partial charge is 0.271 e. The number of benzene rings is 1. The second kappa shape index (κ2) is 6.16. The second-order valence-corrected chi connectivity index (χ2v) is 6.08. The summed E-state index contributed by atoms with van der Waals surface area (Å²) in [6.45, 7) is 6.67. The Morgan fingerprint density at radius 1 is 1.10 bits per heavy atom. The minimum Gasteiger partial charge on any atom is -0.271 e. The van der Waals surface area contributed by atoms with E-state index in [-0.39, 0.29) is 11.5 Å². The van der Waals surface area contributed by atoms with Gasteiger partial charge in [-0.15, -0.1) is 0 Å². The standard InChI is InChI=1S/C17H23N3/c1-17(2,3)15-10-5-4-9-14(15)16(20-18)12-13-8-6-7-11-19-13/h4-11,16,20H,12,18H2,1-3H3. The van der Waals surface area contributed by atoms with Crippen molar-refractivity contribution in [2.75, 3.05) is 0 Å². The van der Waals surface area contributed by atoms with E-state index in [0.29, 0.717) is 0 Å². The lowest BCUT2D eigenvalue weighted by Gasteiger charge is -2.27. The Balaban J connectivity index is 2.33. The quantitative estimate of drug-likeness (QED) is 0.662. The van der Waals surface area contributed by atoms with Crippen molar-refractivity contribution in [1.29, 1.82) is 0 Å². The van der Waals surface area contributed by atoms with Crippen LogP contribution in [-0.4, -0.2) is 4.98 Å². The van der Waals surface area contributed by atoms with Crippen molar-refractivity contribution in [2.45, 2.75) is 38.6 Å². The van der Waals surface area contributed by atoms with Crippen LogP contribution >= 0.6 is 0 Å². The molecule has 3 heteroatoms. The first kappa shape index (κ1) is 14.7. The van der Waals surface area contributed by atoms with E-state index in [9.17, 15) is 0 Å². The zero-order valence-electron chi connectivity index (χ0n) is 12.4. The van der Waals surface area contributed by atoms with Gasteiger partial charge in [-0.25, -0.2) is 0 Å². The van der Waals surface area contributed by atoms with Crippen LogP contribution in [0.15, 0.2) is 48.7 Å². The molecule has 2 aromatic rings. The van der Waals surface area contributed by atoms with Gasteiger partial charge in [-0.05, 0) is 28.7 Å². The highest BCUT2D eigenvalue weighted by Gasteiger charge is 2.22. The summed E-state index contributed by atoms with van der Waals surface area (Å²) >= 11 is 0. The lowest BCUT2D eigenvalue weighted by molar-refractivity contribution is 0.514. The molecule has 0 spiro atoms. The fourth-order valence-electron chi connectivity index (χ4n) is 2.47. The minimum absolute atomic E-state index is 0.0697. The zero-order chi connectivity index (χ0) is 14.6. The zero-order valence-corrected chi connectivity index (χ0v) is 12.4. The van der Waals surface area contributed by atoms with Gasteiger partial charge in [-0.2, -0.15) is 0 Å². The summed E-state index contributed by atoms with van der Waals surface area (Å²) < 4.78 is 0. The second-order valence-electron chi connectivity index (χ2n) is 6.08. The van der Waals surface area contributed by atoms with E-state index < -0.39 is 0 Å². The highest BCUT2D eigenvalue weighted by Crippen LogP contribution is 2.30. The Hall–Kier alpha value is -1.71. The molecule has 0 bridgehead atoms. The van der Waals surface area contributed by atoms with Crippen LogP contribution in [0.3, 0.4) is 0 Å². The summed E-state index contributed by atoms with van der Waals surface area (Å²) in [6, 6.07) is 14.5. The summed E-state index contributed by atoms with van der Waals surface area (Å²) in [5.74, 6) is 5.79. The molecule has 1 unspecified atom stereocenters. The van der Waals surface area contributed by atoms with Gasteiger partial charge in [0, 0.05) is 18.3 Å². The van der Waals surface area contributed by atoms with Crippen molar-refractivity contribution in [1.82, 2.24) is 10.4 Å². The van der Waals surface area contributed by atoms with Crippen LogP contribution in [0.5, 0.6) is 0 Å². The monoisotopic (exact) mass is 269 g/mol. The van der Waals surface area contributed by atoms with Crippen molar-refractivity contribution in [3.63, 3.8) is 0 Å². The van der Waals surface area contributed by atoms with E-state index in [1.807, 2.05) is 24.4 Å². The summed E-state index contributed by atoms with van der Waals surface area (Å²) in [5, 5.41) is 0. The van der Waals surface area contributed by atoms with Gasteiger partial charge in [0.15, 0.2) is 0 Å². The van der Waals surface area contributed by atoms with E-state index in [1.165, 1.54) is 11.1 Å². The van der Waals surface area contributed by atoms with Crippen molar-refractivity contribution in [3.8, 4) is 0 Å². The topological polar surface area (TPSA) is 50.9 Å². The summed E-state index contributed by atoms with van der Waals surface area (Å²) in [4.78, 5) is 4.39. The molecular weight excluding hydrogens is 246 g/mol. The van der Waals surface area contributed by atoms with Crippen molar-refractivity contribution < 1.29 is 0 Å². The fourth-order valence-corrected chi connectivity index (χ4v) is 2.47.